The number of hydrogen-bond acceptors (Lipinski definition) is 5. The highest BCUT2D eigenvalue weighted by molar-refractivity contribution is 7.71. The van der Waals surface area contributed by atoms with Gasteiger partial charge in [0.1, 0.15) is 16.8 Å². The molecule has 0 saturated carbocycles. The third-order valence-corrected chi connectivity index (χ3v) is 3.32. The van der Waals surface area contributed by atoms with Crippen molar-refractivity contribution in [3.63, 3.8) is 0 Å². The van der Waals surface area contributed by atoms with Gasteiger partial charge in [-0.2, -0.15) is 0 Å². The van der Waals surface area contributed by atoms with Gasteiger partial charge in [0.2, 0.25) is 5.67 Å². The first kappa shape index (κ1) is 14.8. The highest BCUT2D eigenvalue weighted by Crippen LogP contribution is 2.40. The number of aromatic nitrogens is 2. The Kier molecular flexibility index (Phi) is 3.75. The predicted octanol–water partition coefficient (Wildman–Crippen LogP) is -0.363. The second-order valence-electron chi connectivity index (χ2n) is 4.21. The number of rotatable bonds is 2. The van der Waals surface area contributed by atoms with Crippen molar-refractivity contribution in [2.24, 2.45) is 0 Å². The Balaban J connectivity index is 2.58. The molecule has 0 amide bonds. The first-order valence-corrected chi connectivity index (χ1v) is 5.88. The second-order valence-corrected chi connectivity index (χ2v) is 4.62. The van der Waals surface area contributed by atoms with Crippen LogP contribution < -0.4 is 5.69 Å². The van der Waals surface area contributed by atoms with Crippen LogP contribution in [0.5, 0.6) is 0 Å². The molecule has 0 aliphatic carbocycles. The number of hydrogen-bond donors (Lipinski definition) is 3. The van der Waals surface area contributed by atoms with E-state index in [1.807, 2.05) is 4.98 Å². The molecule has 9 heteroatoms. The van der Waals surface area contributed by atoms with Crippen LogP contribution in [0.2, 0.25) is 0 Å². The third kappa shape index (κ3) is 2.06. The van der Waals surface area contributed by atoms with Gasteiger partial charge in [0, 0.05) is 0 Å². The van der Waals surface area contributed by atoms with Gasteiger partial charge in [0.05, 0.1) is 12.8 Å². The largest absolute Gasteiger partial charge is 0.394 e. The molecule has 3 N–H and O–H groups in total. The molecule has 0 aromatic carbocycles. The van der Waals surface area contributed by atoms with Crippen LogP contribution in [0, 0.1) is 22.8 Å². The van der Waals surface area contributed by atoms with E-state index < -0.39 is 46.9 Å². The normalized spacial score (nSPS) is 33.0. The highest BCUT2D eigenvalue weighted by Gasteiger charge is 2.57. The lowest BCUT2D eigenvalue weighted by Crippen LogP contribution is -2.44. The highest BCUT2D eigenvalue weighted by atomic mass is 32.1. The van der Waals surface area contributed by atoms with Gasteiger partial charge >= 0.3 is 5.69 Å². The smallest absolute Gasteiger partial charge is 0.328 e. The average Bonchev–Trinajstić information content (AvgIpc) is 2.67. The number of aliphatic hydroxyl groups is 2. The van der Waals surface area contributed by atoms with Crippen LogP contribution in [0.25, 0.3) is 0 Å². The van der Waals surface area contributed by atoms with Crippen LogP contribution in [0.4, 0.5) is 8.78 Å². The summed E-state index contributed by atoms with van der Waals surface area (Å²) < 4.78 is 33.1. The molecule has 1 aromatic rings. The molecule has 0 radical (unpaired) electrons. The molecule has 1 fully saturated rings. The number of nitrogens with one attached hydrogen (secondary N) is 1. The van der Waals surface area contributed by atoms with E-state index in [1.54, 1.807) is 5.92 Å². The second kappa shape index (κ2) is 5.06. The Hall–Kier alpha value is -1.60. The summed E-state index contributed by atoms with van der Waals surface area (Å²) in [6.07, 6.45) is 0.685. The summed E-state index contributed by atoms with van der Waals surface area (Å²) in [7, 11) is 0. The quantitative estimate of drug-likeness (QED) is 0.513. The number of H-pyrrole nitrogens is 1. The lowest BCUT2D eigenvalue weighted by molar-refractivity contribution is -0.0546. The standard InChI is InChI=1S/C11H10F2N2O4S/c1-2-11(13)7(17)6(4-16)19-9(11)15-3-5(12)8(20)14-10(15)18/h1,3,6-7,9,16-17H,4H2,(H,14,18,20)/t6-,7?,9-,11-/m1/s1. The maximum Gasteiger partial charge on any atom is 0.328 e. The summed E-state index contributed by atoms with van der Waals surface area (Å²) in [6.45, 7) is -0.717. The van der Waals surface area contributed by atoms with Gasteiger partial charge in [-0.05, 0) is 0 Å². The molecule has 0 bridgehead atoms. The zero-order valence-corrected chi connectivity index (χ0v) is 10.7. The summed E-state index contributed by atoms with van der Waals surface area (Å²) in [5.41, 5.74) is -3.75. The molecule has 1 saturated heterocycles. The molecular weight excluding hydrogens is 294 g/mol. The Morgan fingerprint density at radius 2 is 2.35 bits per heavy atom. The SMILES string of the molecule is C#C[C@@]1(F)C(O)[C@@H](CO)O[C@H]1n1cc(F)c(=S)[nH]c1=O. The van der Waals surface area contributed by atoms with E-state index >= 15 is 0 Å². The van der Waals surface area contributed by atoms with Crippen molar-refractivity contribution in [1.29, 1.82) is 0 Å². The summed E-state index contributed by atoms with van der Waals surface area (Å²) >= 11 is 4.52. The summed E-state index contributed by atoms with van der Waals surface area (Å²) in [5.74, 6) is 0.707. The molecule has 6 nitrogen and oxygen atoms in total. The van der Waals surface area contributed by atoms with E-state index in [4.69, 9.17) is 16.3 Å². The Morgan fingerprint density at radius 1 is 1.70 bits per heavy atom. The van der Waals surface area contributed by atoms with Crippen molar-refractivity contribution in [3.8, 4) is 12.3 Å². The van der Waals surface area contributed by atoms with Gasteiger partial charge in [-0.1, -0.05) is 18.1 Å². The topological polar surface area (TPSA) is 87.5 Å². The number of halogens is 2. The Morgan fingerprint density at radius 3 is 2.90 bits per heavy atom. The van der Waals surface area contributed by atoms with Crippen LogP contribution >= 0.6 is 12.2 Å². The first-order chi connectivity index (χ1) is 9.35. The Bertz CT molecular complexity index is 682. The van der Waals surface area contributed by atoms with Gasteiger partial charge in [-0.25, -0.2) is 13.6 Å². The molecular formula is C11H10F2N2O4S. The van der Waals surface area contributed by atoms with Gasteiger partial charge in [0.25, 0.3) is 0 Å². The Labute approximate surface area is 116 Å². The monoisotopic (exact) mass is 304 g/mol. The van der Waals surface area contributed by atoms with E-state index in [0.717, 1.165) is 0 Å². The lowest BCUT2D eigenvalue weighted by atomic mass is 9.97. The van der Waals surface area contributed by atoms with Gasteiger partial charge in [-0.3, -0.25) is 9.55 Å². The molecule has 20 heavy (non-hydrogen) atoms. The molecule has 1 aromatic heterocycles. The zero-order chi connectivity index (χ0) is 15.1. The zero-order valence-electron chi connectivity index (χ0n) is 9.92. The van der Waals surface area contributed by atoms with Crippen molar-refractivity contribution >= 4 is 12.2 Å². The minimum absolute atomic E-state index is 0.450. The van der Waals surface area contributed by atoms with E-state index in [-0.39, 0.29) is 0 Å². The molecule has 1 aliphatic rings. The average molecular weight is 304 g/mol. The van der Waals surface area contributed by atoms with Crippen LogP contribution in [0.3, 0.4) is 0 Å². The summed E-state index contributed by atoms with van der Waals surface area (Å²) in [6, 6.07) is 0. The van der Waals surface area contributed by atoms with E-state index in [1.165, 1.54) is 0 Å². The predicted molar refractivity (Wildman–Crippen MR) is 65.5 cm³/mol. The molecule has 2 heterocycles. The fraction of sp³-hybridized carbons (Fsp3) is 0.455. The number of aliphatic hydroxyl groups excluding tert-OH is 2. The minimum Gasteiger partial charge on any atom is -0.394 e. The van der Waals surface area contributed by atoms with Crippen molar-refractivity contribution in [2.45, 2.75) is 24.1 Å². The van der Waals surface area contributed by atoms with Crippen LogP contribution in [0.15, 0.2) is 11.0 Å². The fourth-order valence-electron chi connectivity index (χ4n) is 1.96. The molecule has 108 valence electrons. The maximum atomic E-state index is 14.6. The minimum atomic E-state index is -2.79. The van der Waals surface area contributed by atoms with Gasteiger partial charge < -0.3 is 14.9 Å². The summed E-state index contributed by atoms with van der Waals surface area (Å²) in [4.78, 5) is 13.7. The first-order valence-electron chi connectivity index (χ1n) is 5.47. The third-order valence-electron chi connectivity index (χ3n) is 3.02. The maximum absolute atomic E-state index is 14.6. The van der Waals surface area contributed by atoms with Crippen LogP contribution in [-0.4, -0.2) is 44.2 Å². The van der Waals surface area contributed by atoms with Crippen LogP contribution in [-0.2, 0) is 4.74 Å². The number of aromatic amines is 1. The molecule has 2 rings (SSSR count). The summed E-state index contributed by atoms with van der Waals surface area (Å²) in [5, 5.41) is 18.7. The van der Waals surface area contributed by atoms with Gasteiger partial charge in [-0.15, -0.1) is 6.42 Å². The van der Waals surface area contributed by atoms with Crippen molar-refractivity contribution in [3.05, 3.63) is 27.1 Å². The van der Waals surface area contributed by atoms with E-state index in [0.29, 0.717) is 10.8 Å². The number of nitrogens with zero attached hydrogens (tertiary/aromatic N) is 1. The van der Waals surface area contributed by atoms with Crippen molar-refractivity contribution in [2.75, 3.05) is 6.61 Å². The fourth-order valence-corrected chi connectivity index (χ4v) is 2.10. The van der Waals surface area contributed by atoms with Gasteiger partial charge in [0.15, 0.2) is 12.0 Å². The molecule has 4 atom stereocenters. The van der Waals surface area contributed by atoms with Crippen molar-refractivity contribution in [1.82, 2.24) is 9.55 Å². The number of terminal acetylenes is 1. The number of alkyl halides is 1. The lowest BCUT2D eigenvalue weighted by Gasteiger charge is -2.23. The van der Waals surface area contributed by atoms with Crippen LogP contribution in [0.1, 0.15) is 6.23 Å². The molecule has 1 unspecified atom stereocenters. The number of ether oxygens (including phenoxy) is 1. The van der Waals surface area contributed by atoms with E-state index in [2.05, 4.69) is 12.2 Å². The van der Waals surface area contributed by atoms with E-state index in [9.17, 15) is 18.7 Å². The van der Waals surface area contributed by atoms with Crippen molar-refractivity contribution < 1.29 is 23.7 Å². The molecule has 1 aliphatic heterocycles. The molecule has 0 spiro atoms.